The Kier molecular flexibility index (Phi) is 5.18. The molecule has 1 aromatic carbocycles. The number of benzene rings is 1. The van der Waals surface area contributed by atoms with Gasteiger partial charge in [0.25, 0.3) is 5.91 Å². The lowest BCUT2D eigenvalue weighted by Gasteiger charge is -2.32. The number of carbonyl (C=O) groups excluding carboxylic acids is 1. The molecule has 1 aliphatic heterocycles. The van der Waals surface area contributed by atoms with E-state index < -0.39 is 0 Å². The Morgan fingerprint density at radius 1 is 1.12 bits per heavy atom. The number of aromatic nitrogens is 2. The first-order chi connectivity index (χ1) is 11.5. The monoisotopic (exact) mass is 365 g/mol. The zero-order chi connectivity index (χ0) is 17.1. The summed E-state index contributed by atoms with van der Waals surface area (Å²) in [5.41, 5.74) is 0.718. The number of anilines is 2. The first kappa shape index (κ1) is 17.0. The van der Waals surface area contributed by atoms with Crippen LogP contribution in [0, 0.1) is 0 Å². The van der Waals surface area contributed by atoms with Crippen molar-refractivity contribution in [2.24, 2.45) is 0 Å². The van der Waals surface area contributed by atoms with Crippen molar-refractivity contribution in [3.05, 3.63) is 46.3 Å². The van der Waals surface area contributed by atoms with Crippen LogP contribution in [0.3, 0.4) is 0 Å². The molecule has 24 heavy (non-hydrogen) atoms. The summed E-state index contributed by atoms with van der Waals surface area (Å²) >= 11 is 11.9. The molecule has 2 heterocycles. The molecule has 3 rings (SSSR count). The van der Waals surface area contributed by atoms with E-state index in [1.165, 1.54) is 6.20 Å². The minimum Gasteiger partial charge on any atom is -0.353 e. The fourth-order valence-electron chi connectivity index (χ4n) is 2.41. The van der Waals surface area contributed by atoms with Gasteiger partial charge in [0.1, 0.15) is 11.5 Å². The average Bonchev–Trinajstić information content (AvgIpc) is 2.58. The molecule has 8 heteroatoms. The number of hydrogen-bond acceptors (Lipinski definition) is 5. The quantitative estimate of drug-likeness (QED) is 0.905. The maximum absolute atomic E-state index is 12.3. The molecule has 0 aliphatic carbocycles. The van der Waals surface area contributed by atoms with E-state index in [-0.39, 0.29) is 11.6 Å². The van der Waals surface area contributed by atoms with Gasteiger partial charge in [-0.05, 0) is 25.2 Å². The molecule has 1 saturated heterocycles. The van der Waals surface area contributed by atoms with Crippen LogP contribution < -0.4 is 10.2 Å². The van der Waals surface area contributed by atoms with Gasteiger partial charge in [-0.3, -0.25) is 4.79 Å². The van der Waals surface area contributed by atoms with Crippen LogP contribution in [-0.2, 0) is 0 Å². The second-order valence-corrected chi connectivity index (χ2v) is 6.47. The lowest BCUT2D eigenvalue weighted by Crippen LogP contribution is -2.44. The van der Waals surface area contributed by atoms with E-state index in [1.807, 2.05) is 0 Å². The topological polar surface area (TPSA) is 61.4 Å². The average molecular weight is 366 g/mol. The second-order valence-electron chi connectivity index (χ2n) is 5.63. The summed E-state index contributed by atoms with van der Waals surface area (Å²) in [6, 6.07) is 4.88. The second kappa shape index (κ2) is 7.34. The van der Waals surface area contributed by atoms with Crippen LogP contribution in [0.4, 0.5) is 11.5 Å². The van der Waals surface area contributed by atoms with E-state index >= 15 is 0 Å². The maximum Gasteiger partial charge on any atom is 0.275 e. The van der Waals surface area contributed by atoms with Gasteiger partial charge in [0.2, 0.25) is 0 Å². The molecule has 6 nitrogen and oxygen atoms in total. The van der Waals surface area contributed by atoms with Crippen LogP contribution in [-0.4, -0.2) is 54.0 Å². The molecule has 0 saturated carbocycles. The summed E-state index contributed by atoms with van der Waals surface area (Å²) < 4.78 is 0. The van der Waals surface area contributed by atoms with Crippen LogP contribution in [0.15, 0.2) is 30.6 Å². The van der Waals surface area contributed by atoms with Gasteiger partial charge in [0.05, 0.1) is 23.1 Å². The number of carbonyl (C=O) groups is 1. The molecular weight excluding hydrogens is 349 g/mol. The predicted octanol–water partition coefficient (Wildman–Crippen LogP) is 2.79. The number of piperazine rings is 1. The Labute approximate surface area is 150 Å². The number of likely N-dealkylation sites (N-methyl/N-ethyl adjacent to an activating group) is 1. The van der Waals surface area contributed by atoms with Crippen molar-refractivity contribution in [1.29, 1.82) is 0 Å². The molecule has 1 aromatic heterocycles. The van der Waals surface area contributed by atoms with Crippen LogP contribution in [0.1, 0.15) is 10.5 Å². The summed E-state index contributed by atoms with van der Waals surface area (Å²) in [7, 11) is 2.10. The van der Waals surface area contributed by atoms with Crippen LogP contribution in [0.25, 0.3) is 0 Å². The Balaban J connectivity index is 1.67. The van der Waals surface area contributed by atoms with Gasteiger partial charge >= 0.3 is 0 Å². The Bertz CT molecular complexity index is 730. The van der Waals surface area contributed by atoms with Gasteiger partial charge < -0.3 is 15.1 Å². The van der Waals surface area contributed by atoms with Crippen molar-refractivity contribution in [3.8, 4) is 0 Å². The van der Waals surface area contributed by atoms with Gasteiger partial charge in [0.15, 0.2) is 0 Å². The maximum atomic E-state index is 12.3. The molecule has 0 radical (unpaired) electrons. The number of halogens is 2. The molecule has 0 unspecified atom stereocenters. The highest BCUT2D eigenvalue weighted by Crippen LogP contribution is 2.25. The van der Waals surface area contributed by atoms with Crippen molar-refractivity contribution < 1.29 is 4.79 Å². The normalized spacial score (nSPS) is 15.4. The highest BCUT2D eigenvalue weighted by atomic mass is 35.5. The molecule has 1 fully saturated rings. The van der Waals surface area contributed by atoms with E-state index in [9.17, 15) is 4.79 Å². The summed E-state index contributed by atoms with van der Waals surface area (Å²) in [6.45, 7) is 3.77. The summed E-state index contributed by atoms with van der Waals surface area (Å²) in [5.74, 6) is 0.417. The molecule has 0 atom stereocenters. The highest BCUT2D eigenvalue weighted by Gasteiger charge is 2.17. The first-order valence-electron chi connectivity index (χ1n) is 7.55. The van der Waals surface area contributed by atoms with Gasteiger partial charge in [-0.15, -0.1) is 0 Å². The number of amides is 1. The van der Waals surface area contributed by atoms with Crippen molar-refractivity contribution in [1.82, 2.24) is 14.9 Å². The fourth-order valence-corrected chi connectivity index (χ4v) is 2.87. The fraction of sp³-hybridized carbons (Fsp3) is 0.312. The van der Waals surface area contributed by atoms with Crippen LogP contribution >= 0.6 is 23.2 Å². The third-order valence-electron chi connectivity index (χ3n) is 3.88. The number of nitrogens with zero attached hydrogens (tertiary/aromatic N) is 4. The van der Waals surface area contributed by atoms with E-state index in [2.05, 4.69) is 32.1 Å². The molecule has 1 amide bonds. The molecular formula is C16H17Cl2N5O. The number of hydrogen-bond donors (Lipinski definition) is 1. The van der Waals surface area contributed by atoms with E-state index in [1.54, 1.807) is 24.4 Å². The van der Waals surface area contributed by atoms with Crippen molar-refractivity contribution in [3.63, 3.8) is 0 Å². The molecule has 126 valence electrons. The first-order valence-corrected chi connectivity index (χ1v) is 8.30. The molecule has 2 aromatic rings. The van der Waals surface area contributed by atoms with Gasteiger partial charge in [0, 0.05) is 31.2 Å². The minimum atomic E-state index is -0.364. The number of rotatable bonds is 3. The zero-order valence-corrected chi connectivity index (χ0v) is 14.7. The lowest BCUT2D eigenvalue weighted by molar-refractivity contribution is 0.102. The number of nitrogens with one attached hydrogen (secondary N) is 1. The minimum absolute atomic E-state index is 0.235. The Morgan fingerprint density at radius 2 is 1.88 bits per heavy atom. The smallest absolute Gasteiger partial charge is 0.275 e. The van der Waals surface area contributed by atoms with Crippen molar-refractivity contribution >= 4 is 40.6 Å². The molecule has 1 aliphatic rings. The summed E-state index contributed by atoms with van der Waals surface area (Å²) in [4.78, 5) is 25.3. The van der Waals surface area contributed by atoms with Crippen LogP contribution in [0.5, 0.6) is 0 Å². The standard InChI is InChI=1S/C16H17Cl2N5O/c1-22-4-6-23(7-5-22)15-10-19-14(9-20-15)16(24)21-13-3-2-11(17)8-12(13)18/h2-3,8-10H,4-7H2,1H3,(H,21,24). The predicted molar refractivity (Wildman–Crippen MR) is 96.2 cm³/mol. The third kappa shape index (κ3) is 3.95. The zero-order valence-electron chi connectivity index (χ0n) is 13.2. The third-order valence-corrected chi connectivity index (χ3v) is 4.43. The lowest BCUT2D eigenvalue weighted by atomic mass is 10.3. The van der Waals surface area contributed by atoms with E-state index in [4.69, 9.17) is 23.2 Å². The Morgan fingerprint density at radius 3 is 2.50 bits per heavy atom. The van der Waals surface area contributed by atoms with E-state index in [0.717, 1.165) is 32.0 Å². The SMILES string of the molecule is CN1CCN(c2cnc(C(=O)Nc3ccc(Cl)cc3Cl)cn2)CC1. The highest BCUT2D eigenvalue weighted by molar-refractivity contribution is 6.36. The van der Waals surface area contributed by atoms with Gasteiger partial charge in [-0.25, -0.2) is 9.97 Å². The van der Waals surface area contributed by atoms with Crippen LogP contribution in [0.2, 0.25) is 10.0 Å². The molecule has 1 N–H and O–H groups in total. The van der Waals surface area contributed by atoms with E-state index in [0.29, 0.717) is 15.7 Å². The van der Waals surface area contributed by atoms with Crippen molar-refractivity contribution in [2.75, 3.05) is 43.4 Å². The summed E-state index contributed by atoms with van der Waals surface area (Å²) in [6.07, 6.45) is 3.11. The van der Waals surface area contributed by atoms with Crippen molar-refractivity contribution in [2.45, 2.75) is 0 Å². The largest absolute Gasteiger partial charge is 0.353 e. The summed E-state index contributed by atoms with van der Waals surface area (Å²) in [5, 5.41) is 3.59. The van der Waals surface area contributed by atoms with Gasteiger partial charge in [-0.1, -0.05) is 23.2 Å². The molecule has 0 bridgehead atoms. The molecule has 0 spiro atoms. The van der Waals surface area contributed by atoms with Gasteiger partial charge in [-0.2, -0.15) is 0 Å². The Hall–Kier alpha value is -1.89.